The Morgan fingerprint density at radius 2 is 2.12 bits per heavy atom. The Balaban J connectivity index is 1.61. The third kappa shape index (κ3) is 3.83. The quantitative estimate of drug-likeness (QED) is 0.900. The minimum absolute atomic E-state index is 0.0867. The number of amides is 1. The molecule has 1 heterocycles. The van der Waals surface area contributed by atoms with E-state index in [9.17, 15) is 4.79 Å². The van der Waals surface area contributed by atoms with Crippen LogP contribution in [0.4, 0.5) is 5.69 Å². The summed E-state index contributed by atoms with van der Waals surface area (Å²) in [4.78, 5) is 14.2. The number of rotatable bonds is 5. The Hall–Kier alpha value is -1.75. The molecule has 2 aliphatic rings. The van der Waals surface area contributed by atoms with E-state index >= 15 is 0 Å². The molecule has 0 spiro atoms. The molecule has 5 heteroatoms. The maximum absolute atomic E-state index is 12.0. The smallest absolute Gasteiger partial charge is 0.262 e. The van der Waals surface area contributed by atoms with Crippen LogP contribution in [0.1, 0.15) is 32.6 Å². The molecular weight excluding hydrogens is 304 g/mol. The minimum atomic E-state index is -0.474. The first kappa shape index (κ1) is 17.1. The van der Waals surface area contributed by atoms with Crippen molar-refractivity contribution in [3.63, 3.8) is 0 Å². The summed E-state index contributed by atoms with van der Waals surface area (Å²) in [5.41, 5.74) is 1.04. The molecule has 3 unspecified atom stereocenters. The van der Waals surface area contributed by atoms with Gasteiger partial charge in [0.05, 0.1) is 24.9 Å². The molecule has 1 aromatic carbocycles. The highest BCUT2D eigenvalue weighted by Gasteiger charge is 2.30. The number of nitrogens with zero attached hydrogens (tertiary/aromatic N) is 1. The van der Waals surface area contributed by atoms with Crippen molar-refractivity contribution >= 4 is 11.6 Å². The van der Waals surface area contributed by atoms with Crippen molar-refractivity contribution in [3.05, 3.63) is 24.3 Å². The van der Waals surface area contributed by atoms with Gasteiger partial charge in [0.2, 0.25) is 0 Å². The highest BCUT2D eigenvalue weighted by Crippen LogP contribution is 2.33. The van der Waals surface area contributed by atoms with Crippen LogP contribution in [0.2, 0.25) is 0 Å². The standard InChI is InChI=1S/C19H28N2O3/c1-14-7-3-5-9-16(14)23-12-11-21-13-18(19(22)20-2)24-17-10-6-4-8-15(17)21/h4,6,8,10,14,16,18H,3,5,7,9,11-13H2,1-2H3,(H,20,22). The average molecular weight is 332 g/mol. The van der Waals surface area contributed by atoms with Crippen LogP contribution in [0.25, 0.3) is 0 Å². The van der Waals surface area contributed by atoms with Gasteiger partial charge in [0, 0.05) is 13.6 Å². The summed E-state index contributed by atoms with van der Waals surface area (Å²) in [6, 6.07) is 7.89. The van der Waals surface area contributed by atoms with E-state index in [1.807, 2.05) is 24.3 Å². The van der Waals surface area contributed by atoms with Crippen molar-refractivity contribution in [1.29, 1.82) is 0 Å². The van der Waals surface area contributed by atoms with Crippen LogP contribution in [0.5, 0.6) is 5.75 Å². The zero-order chi connectivity index (χ0) is 16.9. The summed E-state index contributed by atoms with van der Waals surface area (Å²) < 4.78 is 12.0. The number of ether oxygens (including phenoxy) is 2. The molecular formula is C19H28N2O3. The first-order valence-electron chi connectivity index (χ1n) is 9.03. The molecule has 0 aromatic heterocycles. The van der Waals surface area contributed by atoms with E-state index in [1.165, 1.54) is 25.7 Å². The predicted octanol–water partition coefficient (Wildman–Crippen LogP) is 2.60. The lowest BCUT2D eigenvalue weighted by Gasteiger charge is -2.36. The largest absolute Gasteiger partial charge is 0.477 e. The molecule has 0 bridgehead atoms. The van der Waals surface area contributed by atoms with Gasteiger partial charge in [-0.1, -0.05) is 31.9 Å². The second kappa shape index (κ2) is 7.88. The maximum atomic E-state index is 12.0. The molecule has 132 valence electrons. The van der Waals surface area contributed by atoms with E-state index in [0.29, 0.717) is 25.2 Å². The Morgan fingerprint density at radius 1 is 1.33 bits per heavy atom. The molecule has 0 radical (unpaired) electrons. The van der Waals surface area contributed by atoms with Crippen LogP contribution in [0, 0.1) is 5.92 Å². The monoisotopic (exact) mass is 332 g/mol. The molecule has 3 rings (SSSR count). The van der Waals surface area contributed by atoms with Crippen LogP contribution in [-0.4, -0.2) is 44.9 Å². The first-order chi connectivity index (χ1) is 11.7. The van der Waals surface area contributed by atoms with Gasteiger partial charge in [0.1, 0.15) is 5.75 Å². The number of anilines is 1. The van der Waals surface area contributed by atoms with Crippen molar-refractivity contribution in [1.82, 2.24) is 5.32 Å². The summed E-state index contributed by atoms with van der Waals surface area (Å²) in [5, 5.41) is 2.68. The van der Waals surface area contributed by atoms with Gasteiger partial charge in [-0.15, -0.1) is 0 Å². The third-order valence-electron chi connectivity index (χ3n) is 5.13. The number of fused-ring (bicyclic) bond motifs is 1. The molecule has 1 aromatic rings. The van der Waals surface area contributed by atoms with Crippen molar-refractivity contribution < 1.29 is 14.3 Å². The molecule has 1 aliphatic heterocycles. The van der Waals surface area contributed by atoms with Gasteiger partial charge in [0.25, 0.3) is 5.91 Å². The zero-order valence-electron chi connectivity index (χ0n) is 14.7. The van der Waals surface area contributed by atoms with Crippen molar-refractivity contribution in [2.45, 2.75) is 44.8 Å². The third-order valence-corrected chi connectivity index (χ3v) is 5.13. The van der Waals surface area contributed by atoms with Gasteiger partial charge in [-0.05, 0) is 30.9 Å². The Bertz CT molecular complexity index is 563. The number of likely N-dealkylation sites (N-methyl/N-ethyl adjacent to an activating group) is 1. The molecule has 1 saturated carbocycles. The number of nitrogens with one attached hydrogen (secondary N) is 1. The van der Waals surface area contributed by atoms with E-state index in [4.69, 9.17) is 9.47 Å². The molecule has 5 nitrogen and oxygen atoms in total. The number of hydrogen-bond donors (Lipinski definition) is 1. The number of para-hydroxylation sites is 2. The van der Waals surface area contributed by atoms with Gasteiger partial charge in [-0.25, -0.2) is 0 Å². The van der Waals surface area contributed by atoms with Gasteiger partial charge in [-0.3, -0.25) is 4.79 Å². The van der Waals surface area contributed by atoms with Crippen molar-refractivity contribution in [3.8, 4) is 5.75 Å². The predicted molar refractivity (Wildman–Crippen MR) is 94.5 cm³/mol. The summed E-state index contributed by atoms with van der Waals surface area (Å²) >= 11 is 0. The number of hydrogen-bond acceptors (Lipinski definition) is 4. The molecule has 1 aliphatic carbocycles. The SMILES string of the molecule is CNC(=O)C1CN(CCOC2CCCCC2C)c2ccccc2O1. The van der Waals surface area contributed by atoms with E-state index < -0.39 is 6.10 Å². The van der Waals surface area contributed by atoms with Crippen molar-refractivity contribution in [2.24, 2.45) is 5.92 Å². The van der Waals surface area contributed by atoms with Gasteiger partial charge in [0.15, 0.2) is 6.10 Å². The summed E-state index contributed by atoms with van der Waals surface area (Å²) in [7, 11) is 1.64. The molecule has 0 saturated heterocycles. The van der Waals surface area contributed by atoms with E-state index in [1.54, 1.807) is 7.05 Å². The maximum Gasteiger partial charge on any atom is 0.262 e. The lowest BCUT2D eigenvalue weighted by atomic mass is 9.88. The van der Waals surface area contributed by atoms with Gasteiger partial charge >= 0.3 is 0 Å². The summed E-state index contributed by atoms with van der Waals surface area (Å²) in [5.74, 6) is 1.33. The first-order valence-corrected chi connectivity index (χ1v) is 9.03. The molecule has 24 heavy (non-hydrogen) atoms. The molecule has 1 amide bonds. The fourth-order valence-corrected chi connectivity index (χ4v) is 3.66. The second-order valence-corrected chi connectivity index (χ2v) is 6.81. The fourth-order valence-electron chi connectivity index (χ4n) is 3.66. The highest BCUT2D eigenvalue weighted by molar-refractivity contribution is 5.83. The summed E-state index contributed by atoms with van der Waals surface area (Å²) in [6.45, 7) is 4.30. The van der Waals surface area contributed by atoms with Crippen LogP contribution in [0.15, 0.2) is 24.3 Å². The molecule has 1 N–H and O–H groups in total. The normalized spacial score (nSPS) is 26.4. The topological polar surface area (TPSA) is 50.8 Å². The fraction of sp³-hybridized carbons (Fsp3) is 0.632. The number of carbonyl (C=O) groups is 1. The molecule has 1 fully saturated rings. The van der Waals surface area contributed by atoms with Gasteiger partial charge < -0.3 is 19.7 Å². The highest BCUT2D eigenvalue weighted by atomic mass is 16.5. The Morgan fingerprint density at radius 3 is 2.92 bits per heavy atom. The van der Waals surface area contributed by atoms with Crippen LogP contribution in [0.3, 0.4) is 0 Å². The number of carbonyl (C=O) groups excluding carboxylic acids is 1. The lowest BCUT2D eigenvalue weighted by Crippen LogP contribution is -2.49. The minimum Gasteiger partial charge on any atom is -0.477 e. The molecule has 3 atom stereocenters. The average Bonchev–Trinajstić information content (AvgIpc) is 2.62. The van der Waals surface area contributed by atoms with Crippen molar-refractivity contribution in [2.75, 3.05) is 31.6 Å². The Labute approximate surface area is 144 Å². The number of benzene rings is 1. The van der Waals surface area contributed by atoms with Crippen LogP contribution >= 0.6 is 0 Å². The van der Waals surface area contributed by atoms with E-state index in [-0.39, 0.29) is 5.91 Å². The van der Waals surface area contributed by atoms with E-state index in [0.717, 1.165) is 18.0 Å². The van der Waals surface area contributed by atoms with Crippen LogP contribution < -0.4 is 15.0 Å². The summed E-state index contributed by atoms with van der Waals surface area (Å²) in [6.07, 6.45) is 4.94. The zero-order valence-corrected chi connectivity index (χ0v) is 14.7. The second-order valence-electron chi connectivity index (χ2n) is 6.81. The van der Waals surface area contributed by atoms with Crippen LogP contribution in [-0.2, 0) is 9.53 Å². The van der Waals surface area contributed by atoms with Gasteiger partial charge in [-0.2, -0.15) is 0 Å². The lowest BCUT2D eigenvalue weighted by molar-refractivity contribution is -0.127. The Kier molecular flexibility index (Phi) is 5.61. The van der Waals surface area contributed by atoms with E-state index in [2.05, 4.69) is 17.1 Å².